The Labute approximate surface area is 131 Å². The summed E-state index contributed by atoms with van der Waals surface area (Å²) in [7, 11) is 1.66. The molecule has 0 unspecified atom stereocenters. The summed E-state index contributed by atoms with van der Waals surface area (Å²) in [5, 5.41) is 7.42. The van der Waals surface area contributed by atoms with Crippen molar-refractivity contribution in [3.63, 3.8) is 0 Å². The van der Waals surface area contributed by atoms with E-state index in [1.165, 1.54) is 5.56 Å². The van der Waals surface area contributed by atoms with Crippen LogP contribution in [0.3, 0.4) is 0 Å². The number of rotatable bonds is 7. The molecule has 0 spiro atoms. The number of carbonyl (C=O) groups excluding carboxylic acids is 1. The van der Waals surface area contributed by atoms with Crippen molar-refractivity contribution in [2.24, 2.45) is 0 Å². The largest absolute Gasteiger partial charge is 0.385 e. The van der Waals surface area contributed by atoms with Crippen molar-refractivity contribution in [3.05, 3.63) is 52.8 Å². The topological polar surface area (TPSA) is 56.1 Å². The van der Waals surface area contributed by atoms with Gasteiger partial charge >= 0.3 is 0 Å². The van der Waals surface area contributed by atoms with E-state index in [0.29, 0.717) is 25.3 Å². The van der Waals surface area contributed by atoms with Gasteiger partial charge in [-0.1, -0.05) is 30.3 Å². The Balaban J connectivity index is 2.08. The number of ether oxygens (including phenoxy) is 1. The van der Waals surface area contributed by atoms with Crippen LogP contribution in [0, 0.1) is 13.8 Å². The highest BCUT2D eigenvalue weighted by Gasteiger charge is 2.18. The third-order valence-electron chi connectivity index (χ3n) is 3.59. The Kier molecular flexibility index (Phi) is 5.72. The minimum atomic E-state index is -0.0644. The van der Waals surface area contributed by atoms with Crippen LogP contribution in [-0.4, -0.2) is 35.9 Å². The van der Waals surface area contributed by atoms with E-state index in [0.717, 1.165) is 17.8 Å². The first-order valence-corrected chi connectivity index (χ1v) is 7.48. The zero-order valence-electron chi connectivity index (χ0n) is 13.4. The first-order valence-electron chi connectivity index (χ1n) is 7.48. The second kappa shape index (κ2) is 7.75. The molecule has 118 valence electrons. The molecule has 0 saturated carbocycles. The summed E-state index contributed by atoms with van der Waals surface area (Å²) in [4.78, 5) is 12.3. The Bertz CT molecular complexity index is 620. The molecule has 0 bridgehead atoms. The van der Waals surface area contributed by atoms with E-state index in [1.54, 1.807) is 7.11 Å². The second-order valence-electron chi connectivity index (χ2n) is 5.29. The van der Waals surface area contributed by atoms with E-state index < -0.39 is 0 Å². The third kappa shape index (κ3) is 3.95. The van der Waals surface area contributed by atoms with Crippen molar-refractivity contribution < 1.29 is 9.53 Å². The molecule has 1 amide bonds. The van der Waals surface area contributed by atoms with Crippen LogP contribution < -0.4 is 5.32 Å². The molecule has 1 aromatic carbocycles. The van der Waals surface area contributed by atoms with Gasteiger partial charge in [-0.2, -0.15) is 5.10 Å². The highest BCUT2D eigenvalue weighted by Crippen LogP contribution is 2.14. The molecule has 0 saturated heterocycles. The Morgan fingerprint density at radius 3 is 2.68 bits per heavy atom. The van der Waals surface area contributed by atoms with Crippen molar-refractivity contribution in [2.45, 2.75) is 26.8 Å². The van der Waals surface area contributed by atoms with Crippen LogP contribution >= 0.6 is 0 Å². The quantitative estimate of drug-likeness (QED) is 0.799. The van der Waals surface area contributed by atoms with Crippen LogP contribution in [0.4, 0.5) is 0 Å². The fraction of sp³-hybridized carbons (Fsp3) is 0.412. The van der Waals surface area contributed by atoms with Crippen molar-refractivity contribution in [1.29, 1.82) is 0 Å². The summed E-state index contributed by atoms with van der Waals surface area (Å²) in [5.74, 6) is -0.0644. The van der Waals surface area contributed by atoms with Gasteiger partial charge in [-0.25, -0.2) is 0 Å². The maximum Gasteiger partial charge on any atom is 0.255 e. The average molecular weight is 301 g/mol. The summed E-state index contributed by atoms with van der Waals surface area (Å²) >= 11 is 0. The summed E-state index contributed by atoms with van der Waals surface area (Å²) in [5.41, 5.74) is 3.50. The molecule has 0 radical (unpaired) electrons. The molecule has 0 aliphatic heterocycles. The average Bonchev–Trinajstić information content (AvgIpc) is 2.79. The minimum absolute atomic E-state index is 0.0644. The van der Waals surface area contributed by atoms with Gasteiger partial charge in [0.2, 0.25) is 0 Å². The van der Waals surface area contributed by atoms with Crippen LogP contribution in [-0.2, 0) is 11.3 Å². The molecule has 5 nitrogen and oxygen atoms in total. The predicted octanol–water partition coefficient (Wildman–Crippen LogP) is 2.31. The van der Waals surface area contributed by atoms with Gasteiger partial charge in [-0.05, 0) is 25.8 Å². The summed E-state index contributed by atoms with van der Waals surface area (Å²) in [6, 6.07) is 10.1. The maximum absolute atomic E-state index is 12.3. The van der Waals surface area contributed by atoms with E-state index in [-0.39, 0.29) is 5.91 Å². The number of nitrogens with zero attached hydrogens (tertiary/aromatic N) is 2. The van der Waals surface area contributed by atoms with E-state index in [4.69, 9.17) is 4.74 Å². The molecule has 2 aromatic rings. The van der Waals surface area contributed by atoms with Crippen molar-refractivity contribution in [2.75, 3.05) is 20.3 Å². The Hall–Kier alpha value is -2.14. The van der Waals surface area contributed by atoms with Gasteiger partial charge in [0.05, 0.1) is 17.8 Å². The van der Waals surface area contributed by atoms with E-state index in [9.17, 15) is 4.79 Å². The Morgan fingerprint density at radius 2 is 2.00 bits per heavy atom. The lowest BCUT2D eigenvalue weighted by Gasteiger charge is -2.07. The van der Waals surface area contributed by atoms with E-state index in [2.05, 4.69) is 22.5 Å². The van der Waals surface area contributed by atoms with Gasteiger partial charge in [0.25, 0.3) is 5.91 Å². The summed E-state index contributed by atoms with van der Waals surface area (Å²) < 4.78 is 6.86. The van der Waals surface area contributed by atoms with Gasteiger partial charge < -0.3 is 10.1 Å². The number of methoxy groups -OCH3 is 1. The molecule has 0 aliphatic rings. The second-order valence-corrected chi connectivity index (χ2v) is 5.29. The van der Waals surface area contributed by atoms with Gasteiger partial charge in [-0.3, -0.25) is 9.48 Å². The lowest BCUT2D eigenvalue weighted by molar-refractivity contribution is 0.0947. The minimum Gasteiger partial charge on any atom is -0.385 e. The first-order chi connectivity index (χ1) is 10.6. The van der Waals surface area contributed by atoms with E-state index in [1.807, 2.05) is 36.7 Å². The number of nitrogens with one attached hydrogen (secondary N) is 1. The molecule has 22 heavy (non-hydrogen) atoms. The zero-order valence-corrected chi connectivity index (χ0v) is 13.4. The molecule has 2 rings (SSSR count). The van der Waals surface area contributed by atoms with Crippen LogP contribution in [0.1, 0.15) is 33.7 Å². The standard InChI is InChI=1S/C17H23N3O2/c1-13-16(17(21)18-10-7-11-22-3)14(2)20(19-13)12-15-8-5-4-6-9-15/h4-6,8-9H,7,10-12H2,1-3H3,(H,18,21). The van der Waals surface area contributed by atoms with E-state index >= 15 is 0 Å². The molecular weight excluding hydrogens is 278 g/mol. The molecule has 1 heterocycles. The number of carbonyl (C=O) groups is 1. The number of benzene rings is 1. The fourth-order valence-corrected chi connectivity index (χ4v) is 2.44. The SMILES string of the molecule is COCCCNC(=O)c1c(C)nn(Cc2ccccc2)c1C. The van der Waals surface area contributed by atoms with Crippen molar-refractivity contribution in [1.82, 2.24) is 15.1 Å². The number of aromatic nitrogens is 2. The molecule has 5 heteroatoms. The van der Waals surface area contributed by atoms with Crippen molar-refractivity contribution in [3.8, 4) is 0 Å². The van der Waals surface area contributed by atoms with Gasteiger partial charge in [0, 0.05) is 26.0 Å². The Morgan fingerprint density at radius 1 is 1.27 bits per heavy atom. The molecular formula is C17H23N3O2. The molecule has 0 fully saturated rings. The highest BCUT2D eigenvalue weighted by atomic mass is 16.5. The summed E-state index contributed by atoms with van der Waals surface area (Å²) in [6.45, 7) is 5.73. The molecule has 0 atom stereocenters. The fourth-order valence-electron chi connectivity index (χ4n) is 2.44. The monoisotopic (exact) mass is 301 g/mol. The summed E-state index contributed by atoms with van der Waals surface area (Å²) in [6.07, 6.45) is 0.804. The third-order valence-corrected chi connectivity index (χ3v) is 3.59. The zero-order chi connectivity index (χ0) is 15.9. The van der Waals surface area contributed by atoms with Gasteiger partial charge in [0.15, 0.2) is 0 Å². The first kappa shape index (κ1) is 16.2. The van der Waals surface area contributed by atoms with Crippen molar-refractivity contribution >= 4 is 5.91 Å². The lowest BCUT2D eigenvalue weighted by atomic mass is 10.1. The number of aryl methyl sites for hydroxylation is 1. The molecule has 1 aromatic heterocycles. The van der Waals surface area contributed by atoms with Gasteiger partial charge in [-0.15, -0.1) is 0 Å². The van der Waals surface area contributed by atoms with Crippen LogP contribution in [0.15, 0.2) is 30.3 Å². The predicted molar refractivity (Wildman–Crippen MR) is 86.1 cm³/mol. The smallest absolute Gasteiger partial charge is 0.255 e. The highest BCUT2D eigenvalue weighted by molar-refractivity contribution is 5.96. The van der Waals surface area contributed by atoms with Crippen LogP contribution in [0.2, 0.25) is 0 Å². The number of hydrogen-bond acceptors (Lipinski definition) is 3. The van der Waals surface area contributed by atoms with Crippen LogP contribution in [0.5, 0.6) is 0 Å². The maximum atomic E-state index is 12.3. The number of hydrogen-bond donors (Lipinski definition) is 1. The van der Waals surface area contributed by atoms with Crippen LogP contribution in [0.25, 0.3) is 0 Å². The van der Waals surface area contributed by atoms with Gasteiger partial charge in [0.1, 0.15) is 0 Å². The normalized spacial score (nSPS) is 10.7. The lowest BCUT2D eigenvalue weighted by Crippen LogP contribution is -2.26. The molecule has 1 N–H and O–H groups in total. The molecule has 0 aliphatic carbocycles. The number of amides is 1.